The number of alkyl halides is 3. The maximum atomic E-state index is 11.8. The highest BCUT2D eigenvalue weighted by atomic mass is 19.4. The number of nitrogens with one attached hydrogen (secondary N) is 1. The molecule has 0 heterocycles. The number of hydrogen-bond acceptors (Lipinski definition) is 3. The van der Waals surface area contributed by atoms with Gasteiger partial charge in [-0.2, -0.15) is 13.2 Å². The first-order valence-electron chi connectivity index (χ1n) is 4.68. The van der Waals surface area contributed by atoms with Gasteiger partial charge in [-0.05, 0) is 19.4 Å². The second-order valence-electron chi connectivity index (χ2n) is 3.16. The van der Waals surface area contributed by atoms with E-state index in [4.69, 9.17) is 10.9 Å². The van der Waals surface area contributed by atoms with E-state index in [1.54, 1.807) is 6.92 Å². The predicted octanol–water partition coefficient (Wildman–Crippen LogP) is 1.44. The number of halogens is 3. The fourth-order valence-corrected chi connectivity index (χ4v) is 1.09. The topological polar surface area (TPSA) is 70.6 Å². The van der Waals surface area contributed by atoms with Crippen LogP contribution in [0.3, 0.4) is 0 Å². The Morgan fingerprint density at radius 3 is 2.53 bits per heavy atom. The Morgan fingerprint density at radius 2 is 2.13 bits per heavy atom. The first kappa shape index (κ1) is 14.0. The molecule has 1 atom stereocenters. The van der Waals surface area contributed by atoms with Crippen LogP contribution < -0.4 is 11.1 Å². The highest BCUT2D eigenvalue weighted by Crippen LogP contribution is 2.20. The normalized spacial score (nSPS) is 15.3. The monoisotopic (exact) mass is 227 g/mol. The summed E-state index contributed by atoms with van der Waals surface area (Å²) >= 11 is 0. The van der Waals surface area contributed by atoms with Crippen molar-refractivity contribution >= 4 is 5.84 Å². The highest BCUT2D eigenvalue weighted by molar-refractivity contribution is 5.85. The van der Waals surface area contributed by atoms with Crippen molar-refractivity contribution in [3.63, 3.8) is 0 Å². The van der Waals surface area contributed by atoms with Gasteiger partial charge in [-0.15, -0.1) is 0 Å². The lowest BCUT2D eigenvalue weighted by atomic mass is 10.2. The molecule has 0 aliphatic carbocycles. The van der Waals surface area contributed by atoms with Gasteiger partial charge in [-0.3, -0.25) is 0 Å². The van der Waals surface area contributed by atoms with E-state index in [1.165, 1.54) is 0 Å². The van der Waals surface area contributed by atoms with Crippen molar-refractivity contribution in [2.24, 2.45) is 10.9 Å². The summed E-state index contributed by atoms with van der Waals surface area (Å²) < 4.78 is 35.3. The minimum atomic E-state index is -4.12. The number of nitrogens with zero attached hydrogens (tertiary/aromatic N) is 1. The highest BCUT2D eigenvalue weighted by Gasteiger charge is 2.26. The van der Waals surface area contributed by atoms with Crippen LogP contribution in [0.4, 0.5) is 13.2 Å². The molecule has 4 nitrogen and oxygen atoms in total. The second kappa shape index (κ2) is 6.49. The molecule has 0 rings (SSSR count). The molecular weight excluding hydrogens is 211 g/mol. The molecule has 0 radical (unpaired) electrons. The van der Waals surface area contributed by atoms with Gasteiger partial charge in [0, 0.05) is 6.42 Å². The number of amidine groups is 1. The molecule has 0 aromatic carbocycles. The van der Waals surface area contributed by atoms with E-state index in [9.17, 15) is 13.2 Å². The lowest BCUT2D eigenvalue weighted by molar-refractivity contribution is -0.135. The SMILES string of the molecule is CCC(NCCCC(F)(F)F)C(N)=NO. The molecule has 1 unspecified atom stereocenters. The fourth-order valence-electron chi connectivity index (χ4n) is 1.09. The summed E-state index contributed by atoms with van der Waals surface area (Å²) in [4.78, 5) is 0. The first-order chi connectivity index (χ1) is 6.90. The minimum absolute atomic E-state index is 0.00971. The second-order valence-corrected chi connectivity index (χ2v) is 3.16. The molecular formula is C8H16F3N3O. The van der Waals surface area contributed by atoms with Gasteiger partial charge in [-0.25, -0.2) is 0 Å². The van der Waals surface area contributed by atoms with E-state index in [0.717, 1.165) is 0 Å². The van der Waals surface area contributed by atoms with E-state index >= 15 is 0 Å². The Bertz CT molecular complexity index is 206. The Morgan fingerprint density at radius 1 is 1.53 bits per heavy atom. The van der Waals surface area contributed by atoms with Crippen LogP contribution in [0, 0.1) is 0 Å². The largest absolute Gasteiger partial charge is 0.409 e. The summed E-state index contributed by atoms with van der Waals surface area (Å²) in [5, 5.41) is 13.9. The average molecular weight is 227 g/mol. The number of oxime groups is 1. The molecule has 0 spiro atoms. The lowest BCUT2D eigenvalue weighted by Crippen LogP contribution is -2.41. The molecule has 0 aliphatic rings. The molecule has 0 amide bonds. The molecule has 4 N–H and O–H groups in total. The van der Waals surface area contributed by atoms with E-state index in [1.807, 2.05) is 0 Å². The van der Waals surface area contributed by atoms with Gasteiger partial charge in [0.05, 0.1) is 6.04 Å². The third-order valence-electron chi connectivity index (χ3n) is 1.91. The van der Waals surface area contributed by atoms with Crippen LogP contribution >= 0.6 is 0 Å². The maximum absolute atomic E-state index is 11.8. The quantitative estimate of drug-likeness (QED) is 0.211. The van der Waals surface area contributed by atoms with Crippen LogP contribution in [0.25, 0.3) is 0 Å². The Labute approximate surface area is 86.3 Å². The van der Waals surface area contributed by atoms with Crippen molar-refractivity contribution in [3.8, 4) is 0 Å². The Kier molecular flexibility index (Phi) is 6.07. The van der Waals surface area contributed by atoms with Gasteiger partial charge < -0.3 is 16.3 Å². The van der Waals surface area contributed by atoms with Gasteiger partial charge in [0.25, 0.3) is 0 Å². The van der Waals surface area contributed by atoms with Crippen LogP contribution in [0.5, 0.6) is 0 Å². The zero-order valence-corrected chi connectivity index (χ0v) is 8.51. The lowest BCUT2D eigenvalue weighted by Gasteiger charge is -2.15. The third-order valence-corrected chi connectivity index (χ3v) is 1.91. The molecule has 0 aliphatic heterocycles. The molecule has 90 valence electrons. The third kappa shape index (κ3) is 7.01. The van der Waals surface area contributed by atoms with E-state index in [0.29, 0.717) is 6.42 Å². The van der Waals surface area contributed by atoms with Crippen molar-refractivity contribution in [1.82, 2.24) is 5.32 Å². The number of hydrogen-bond donors (Lipinski definition) is 3. The average Bonchev–Trinajstić information content (AvgIpc) is 2.15. The molecule has 0 aromatic rings. The molecule has 7 heteroatoms. The van der Waals surface area contributed by atoms with Crippen molar-refractivity contribution in [1.29, 1.82) is 0 Å². The van der Waals surface area contributed by atoms with Gasteiger partial charge in [0.1, 0.15) is 0 Å². The Balaban J connectivity index is 3.74. The number of nitrogens with two attached hydrogens (primary N) is 1. The van der Waals surface area contributed by atoms with Crippen molar-refractivity contribution in [3.05, 3.63) is 0 Å². The van der Waals surface area contributed by atoms with Crippen LogP contribution in [-0.2, 0) is 0 Å². The fraction of sp³-hybridized carbons (Fsp3) is 0.875. The zero-order chi connectivity index (χ0) is 11.9. The van der Waals surface area contributed by atoms with Crippen molar-refractivity contribution in [2.75, 3.05) is 6.54 Å². The summed E-state index contributed by atoms with van der Waals surface area (Å²) in [7, 11) is 0. The van der Waals surface area contributed by atoms with E-state index < -0.39 is 12.6 Å². The van der Waals surface area contributed by atoms with E-state index in [2.05, 4.69) is 10.5 Å². The van der Waals surface area contributed by atoms with Gasteiger partial charge in [-0.1, -0.05) is 12.1 Å². The maximum Gasteiger partial charge on any atom is 0.389 e. The van der Waals surface area contributed by atoms with Gasteiger partial charge >= 0.3 is 6.18 Å². The Hall–Kier alpha value is -0.980. The standard InChI is InChI=1S/C8H16F3N3O/c1-2-6(7(12)14-15)13-5-3-4-8(9,10)11/h6,13,15H,2-5H2,1H3,(H2,12,14). The predicted molar refractivity (Wildman–Crippen MR) is 50.8 cm³/mol. The van der Waals surface area contributed by atoms with Gasteiger partial charge in [0.2, 0.25) is 0 Å². The molecule has 0 saturated heterocycles. The first-order valence-corrected chi connectivity index (χ1v) is 4.68. The summed E-state index contributed by atoms with van der Waals surface area (Å²) in [6, 6.07) is -0.372. The van der Waals surface area contributed by atoms with Crippen LogP contribution in [0.1, 0.15) is 26.2 Å². The van der Waals surface area contributed by atoms with Crippen molar-refractivity contribution in [2.45, 2.75) is 38.4 Å². The van der Waals surface area contributed by atoms with E-state index in [-0.39, 0.29) is 24.8 Å². The molecule has 15 heavy (non-hydrogen) atoms. The molecule has 0 bridgehead atoms. The van der Waals surface area contributed by atoms with Crippen LogP contribution in [-0.4, -0.2) is 29.8 Å². The zero-order valence-electron chi connectivity index (χ0n) is 8.51. The summed E-state index contributed by atoms with van der Waals surface area (Å²) in [6.45, 7) is 1.98. The molecule has 0 aromatic heterocycles. The smallest absolute Gasteiger partial charge is 0.389 e. The molecule has 0 fully saturated rings. The molecule has 0 saturated carbocycles. The van der Waals surface area contributed by atoms with Crippen molar-refractivity contribution < 1.29 is 18.4 Å². The summed E-state index contributed by atoms with van der Waals surface area (Å²) in [6.07, 6.45) is -4.41. The summed E-state index contributed by atoms with van der Waals surface area (Å²) in [5.41, 5.74) is 5.31. The minimum Gasteiger partial charge on any atom is -0.409 e. The van der Waals surface area contributed by atoms with Gasteiger partial charge in [0.15, 0.2) is 5.84 Å². The summed E-state index contributed by atoms with van der Waals surface area (Å²) in [5.74, 6) is -0.00971. The van der Waals surface area contributed by atoms with Crippen LogP contribution in [0.15, 0.2) is 5.16 Å². The van der Waals surface area contributed by atoms with Crippen LogP contribution in [0.2, 0.25) is 0 Å². The number of rotatable bonds is 6.